The molecule has 0 amide bonds. The van der Waals surface area contributed by atoms with Gasteiger partial charge in [0.25, 0.3) is 0 Å². The maximum absolute atomic E-state index is 12.7. The van der Waals surface area contributed by atoms with Crippen molar-refractivity contribution in [2.45, 2.75) is 18.9 Å². The van der Waals surface area contributed by atoms with Gasteiger partial charge in [-0.2, -0.15) is 21.6 Å². The molecule has 0 radical (unpaired) electrons. The molecule has 0 aromatic heterocycles. The Morgan fingerprint density at radius 3 is 2.08 bits per heavy atom. The first-order valence-corrected chi connectivity index (χ1v) is 9.25. The smallest absolute Gasteiger partial charge is 0.375 e. The number of halogens is 3. The third-order valence-electron chi connectivity index (χ3n) is 4.01. The molecule has 7 heteroatoms. The first kappa shape index (κ1) is 18.3. The fourth-order valence-corrected chi connectivity index (χ4v) is 3.23. The topological polar surface area (TPSA) is 43.4 Å². The summed E-state index contributed by atoms with van der Waals surface area (Å²) in [5.41, 5.74) is -3.68. The van der Waals surface area contributed by atoms with E-state index in [9.17, 15) is 21.6 Å². The quantitative estimate of drug-likeness (QED) is 0.456. The molecule has 0 aliphatic carbocycles. The molecule has 0 spiro atoms. The van der Waals surface area contributed by atoms with E-state index in [-0.39, 0.29) is 5.75 Å². The van der Waals surface area contributed by atoms with Crippen LogP contribution in [0.2, 0.25) is 0 Å². The average Bonchev–Trinajstić information content (AvgIpc) is 2.60. The predicted molar refractivity (Wildman–Crippen MR) is 94.4 cm³/mol. The van der Waals surface area contributed by atoms with Crippen molar-refractivity contribution in [1.29, 1.82) is 0 Å². The van der Waals surface area contributed by atoms with Crippen LogP contribution in [0.1, 0.15) is 12.5 Å². The van der Waals surface area contributed by atoms with Crippen LogP contribution < -0.4 is 4.18 Å². The first-order chi connectivity index (χ1) is 12.2. The average molecular weight is 380 g/mol. The highest BCUT2D eigenvalue weighted by Crippen LogP contribution is 2.37. The summed E-state index contributed by atoms with van der Waals surface area (Å²) in [7, 11) is -5.74. The largest absolute Gasteiger partial charge is 0.534 e. The van der Waals surface area contributed by atoms with Crippen LogP contribution in [0.3, 0.4) is 0 Å². The van der Waals surface area contributed by atoms with Crippen molar-refractivity contribution >= 4 is 20.9 Å². The van der Waals surface area contributed by atoms with Crippen molar-refractivity contribution < 1.29 is 25.8 Å². The molecule has 3 aromatic rings. The molecule has 3 nitrogen and oxygen atoms in total. The molecular weight excluding hydrogens is 365 g/mol. The van der Waals surface area contributed by atoms with E-state index >= 15 is 0 Å². The minimum absolute atomic E-state index is 0.294. The first-order valence-electron chi connectivity index (χ1n) is 7.85. The van der Waals surface area contributed by atoms with Crippen LogP contribution in [0, 0.1) is 0 Å². The molecule has 26 heavy (non-hydrogen) atoms. The highest BCUT2D eigenvalue weighted by atomic mass is 32.2. The Morgan fingerprint density at radius 2 is 1.46 bits per heavy atom. The van der Waals surface area contributed by atoms with E-state index in [0.29, 0.717) is 17.5 Å². The van der Waals surface area contributed by atoms with Crippen molar-refractivity contribution in [1.82, 2.24) is 0 Å². The van der Waals surface area contributed by atoms with Crippen molar-refractivity contribution in [2.75, 3.05) is 0 Å². The summed E-state index contributed by atoms with van der Waals surface area (Å²) in [4.78, 5) is 0. The van der Waals surface area contributed by atoms with Gasteiger partial charge in [-0.25, -0.2) is 0 Å². The minimum atomic E-state index is -5.74. The molecule has 0 bridgehead atoms. The van der Waals surface area contributed by atoms with Gasteiger partial charge in [-0.05, 0) is 40.5 Å². The van der Waals surface area contributed by atoms with Gasteiger partial charge in [-0.1, -0.05) is 55.5 Å². The fourth-order valence-electron chi connectivity index (χ4n) is 2.76. The lowest BCUT2D eigenvalue weighted by Gasteiger charge is -2.16. The minimum Gasteiger partial charge on any atom is -0.375 e. The summed E-state index contributed by atoms with van der Waals surface area (Å²) in [6, 6.07) is 17.2. The van der Waals surface area contributed by atoms with Gasteiger partial charge >= 0.3 is 15.6 Å². The van der Waals surface area contributed by atoms with E-state index in [1.54, 1.807) is 12.1 Å². The lowest BCUT2D eigenvalue weighted by molar-refractivity contribution is -0.0499. The summed E-state index contributed by atoms with van der Waals surface area (Å²) in [5, 5.41) is 1.89. The van der Waals surface area contributed by atoms with Crippen molar-refractivity contribution in [3.8, 4) is 16.9 Å². The molecule has 0 aliphatic rings. The Balaban J connectivity index is 2.18. The maximum Gasteiger partial charge on any atom is 0.534 e. The molecule has 136 valence electrons. The second-order valence-electron chi connectivity index (χ2n) is 5.69. The molecule has 3 aromatic carbocycles. The SMILES string of the molecule is CCc1cc2ccccc2cc1-c1ccccc1OS(=O)(=O)C(F)(F)F. The van der Waals surface area contributed by atoms with E-state index < -0.39 is 15.6 Å². The third kappa shape index (κ3) is 3.39. The zero-order valence-electron chi connectivity index (χ0n) is 13.7. The number of alkyl halides is 3. The zero-order chi connectivity index (χ0) is 18.9. The predicted octanol–water partition coefficient (Wildman–Crippen LogP) is 5.30. The summed E-state index contributed by atoms with van der Waals surface area (Å²) in [5.74, 6) is -0.352. The summed E-state index contributed by atoms with van der Waals surface area (Å²) < 4.78 is 65.3. The van der Waals surface area contributed by atoms with Gasteiger partial charge in [0.15, 0.2) is 5.75 Å². The number of rotatable bonds is 4. The van der Waals surface area contributed by atoms with Crippen LogP contribution in [0.5, 0.6) is 5.75 Å². The Bertz CT molecular complexity index is 1060. The van der Waals surface area contributed by atoms with Crippen LogP contribution in [-0.4, -0.2) is 13.9 Å². The molecule has 0 saturated carbocycles. The molecular formula is C19H15F3O3S. The Labute approximate surface area is 149 Å². The lowest BCUT2D eigenvalue weighted by atomic mass is 9.94. The number of hydrogen-bond acceptors (Lipinski definition) is 3. The molecule has 0 fully saturated rings. The molecule has 0 saturated heterocycles. The number of aryl methyl sites for hydroxylation is 1. The Kier molecular flexibility index (Phi) is 4.66. The number of fused-ring (bicyclic) bond motifs is 1. The van der Waals surface area contributed by atoms with Crippen molar-refractivity contribution in [3.63, 3.8) is 0 Å². The van der Waals surface area contributed by atoms with Crippen LogP contribution in [0.4, 0.5) is 13.2 Å². The van der Waals surface area contributed by atoms with Gasteiger partial charge in [0, 0.05) is 5.56 Å². The molecule has 0 heterocycles. The van der Waals surface area contributed by atoms with Crippen molar-refractivity contribution in [2.24, 2.45) is 0 Å². The van der Waals surface area contributed by atoms with Gasteiger partial charge in [0.2, 0.25) is 0 Å². The Hall–Kier alpha value is -2.54. The highest BCUT2D eigenvalue weighted by molar-refractivity contribution is 7.88. The number of para-hydroxylation sites is 1. The second kappa shape index (κ2) is 6.64. The molecule has 0 atom stereocenters. The fraction of sp³-hybridized carbons (Fsp3) is 0.158. The van der Waals surface area contributed by atoms with Crippen LogP contribution >= 0.6 is 0 Å². The van der Waals surface area contributed by atoms with Crippen LogP contribution in [0.15, 0.2) is 60.7 Å². The summed E-state index contributed by atoms with van der Waals surface area (Å²) in [6.07, 6.45) is 0.626. The van der Waals surface area contributed by atoms with Gasteiger partial charge in [0.1, 0.15) is 0 Å². The van der Waals surface area contributed by atoms with Gasteiger partial charge in [-0.3, -0.25) is 0 Å². The monoisotopic (exact) mass is 380 g/mol. The van der Waals surface area contributed by atoms with Crippen molar-refractivity contribution in [3.05, 3.63) is 66.2 Å². The van der Waals surface area contributed by atoms with E-state index in [4.69, 9.17) is 0 Å². The zero-order valence-corrected chi connectivity index (χ0v) is 14.6. The highest BCUT2D eigenvalue weighted by Gasteiger charge is 2.48. The van der Waals surface area contributed by atoms with E-state index in [1.807, 2.05) is 43.3 Å². The van der Waals surface area contributed by atoms with E-state index in [0.717, 1.165) is 16.3 Å². The second-order valence-corrected chi connectivity index (χ2v) is 7.23. The van der Waals surface area contributed by atoms with Gasteiger partial charge < -0.3 is 4.18 Å². The standard InChI is InChI=1S/C19H15F3O3S/c1-2-13-11-14-7-3-4-8-15(14)12-17(13)16-9-5-6-10-18(16)25-26(23,24)19(20,21)22/h3-12H,2H2,1H3. The molecule has 3 rings (SSSR count). The van der Waals surface area contributed by atoms with Crippen LogP contribution in [-0.2, 0) is 16.5 Å². The normalized spacial score (nSPS) is 12.3. The maximum atomic E-state index is 12.7. The van der Waals surface area contributed by atoms with Gasteiger partial charge in [0.05, 0.1) is 0 Å². The Morgan fingerprint density at radius 1 is 0.885 bits per heavy atom. The lowest BCUT2D eigenvalue weighted by Crippen LogP contribution is -2.28. The molecule has 0 N–H and O–H groups in total. The number of benzene rings is 3. The number of hydrogen-bond donors (Lipinski definition) is 0. The van der Waals surface area contributed by atoms with E-state index in [1.165, 1.54) is 12.1 Å². The third-order valence-corrected chi connectivity index (χ3v) is 4.98. The van der Waals surface area contributed by atoms with Gasteiger partial charge in [-0.15, -0.1) is 0 Å². The molecule has 0 unspecified atom stereocenters. The summed E-state index contributed by atoms with van der Waals surface area (Å²) in [6.45, 7) is 1.92. The molecule has 0 aliphatic heterocycles. The van der Waals surface area contributed by atoms with Crippen LogP contribution in [0.25, 0.3) is 21.9 Å². The van der Waals surface area contributed by atoms with E-state index in [2.05, 4.69) is 4.18 Å². The summed E-state index contributed by atoms with van der Waals surface area (Å²) >= 11 is 0.